The molecule has 9 heteroatoms. The van der Waals surface area contributed by atoms with Crippen molar-refractivity contribution in [1.29, 1.82) is 0 Å². The van der Waals surface area contributed by atoms with E-state index in [1.807, 2.05) is 6.92 Å². The molecule has 3 heterocycles. The van der Waals surface area contributed by atoms with E-state index in [2.05, 4.69) is 57.6 Å². The van der Waals surface area contributed by atoms with Crippen LogP contribution in [0.15, 0.2) is 41.1 Å². The summed E-state index contributed by atoms with van der Waals surface area (Å²) in [5.74, 6) is -0.0671. The molecule has 0 aliphatic carbocycles. The van der Waals surface area contributed by atoms with Gasteiger partial charge in [-0.3, -0.25) is 9.88 Å². The number of nitrogens with zero attached hydrogens (tertiary/aromatic N) is 5. The summed E-state index contributed by atoms with van der Waals surface area (Å²) in [7, 11) is 0. The molecule has 1 aliphatic heterocycles. The lowest BCUT2D eigenvalue weighted by atomic mass is 10.1. The molecule has 3 aromatic rings. The van der Waals surface area contributed by atoms with Gasteiger partial charge in [0.1, 0.15) is 5.52 Å². The molecule has 6 nitrogen and oxygen atoms in total. The number of fused-ring (bicyclic) bond motifs is 1. The number of hydrogen-bond acceptors (Lipinski definition) is 6. The van der Waals surface area contributed by atoms with Gasteiger partial charge in [-0.05, 0) is 46.6 Å². The van der Waals surface area contributed by atoms with Crippen LogP contribution < -0.4 is 9.64 Å². The summed E-state index contributed by atoms with van der Waals surface area (Å²) in [4.78, 5) is 17.6. The molecule has 0 atom stereocenters. The molecule has 152 valence electrons. The molecule has 1 aromatic carbocycles. The molecule has 1 fully saturated rings. The standard InChI is InChI=1S/C20H20BrF2N5O/c1-13-10-24-17-9-14(8-16(21)19(17)26-13)12-27-4-6-28(7-5-27)15-2-3-18(25-11-15)29-20(22)23/h2-3,8-11,20H,4-7,12H2,1H3. The second-order valence-corrected chi connectivity index (χ2v) is 7.81. The number of piperazine rings is 1. The maximum Gasteiger partial charge on any atom is 0.388 e. The van der Waals surface area contributed by atoms with Gasteiger partial charge in [0.15, 0.2) is 0 Å². The highest BCUT2D eigenvalue weighted by molar-refractivity contribution is 9.10. The van der Waals surface area contributed by atoms with Crippen molar-refractivity contribution in [2.75, 3.05) is 31.1 Å². The van der Waals surface area contributed by atoms with Crippen molar-refractivity contribution in [3.8, 4) is 5.88 Å². The highest BCUT2D eigenvalue weighted by Crippen LogP contribution is 2.25. The second-order valence-electron chi connectivity index (χ2n) is 6.95. The molecule has 0 bridgehead atoms. The number of hydrogen-bond donors (Lipinski definition) is 0. The summed E-state index contributed by atoms with van der Waals surface area (Å²) in [6.45, 7) is 3.37. The summed E-state index contributed by atoms with van der Waals surface area (Å²) >= 11 is 3.61. The monoisotopic (exact) mass is 463 g/mol. The molecule has 0 spiro atoms. The maximum atomic E-state index is 12.2. The largest absolute Gasteiger partial charge is 0.417 e. The van der Waals surface area contributed by atoms with E-state index in [9.17, 15) is 8.78 Å². The Bertz CT molecular complexity index is 994. The predicted octanol–water partition coefficient (Wildman–Crippen LogP) is 4.02. The first-order valence-electron chi connectivity index (χ1n) is 9.28. The van der Waals surface area contributed by atoms with Crippen LogP contribution in [0, 0.1) is 6.92 Å². The molecule has 1 saturated heterocycles. The van der Waals surface area contributed by atoms with Crippen LogP contribution in [0.25, 0.3) is 11.0 Å². The Hall–Kier alpha value is -2.39. The topological polar surface area (TPSA) is 54.4 Å². The third-order valence-corrected chi connectivity index (χ3v) is 5.46. The van der Waals surface area contributed by atoms with Crippen LogP contribution in [0.3, 0.4) is 0 Å². The molecule has 2 aromatic heterocycles. The first-order chi connectivity index (χ1) is 14.0. The van der Waals surface area contributed by atoms with Gasteiger partial charge >= 0.3 is 6.61 Å². The minimum absolute atomic E-state index is 0.0671. The average Bonchev–Trinajstić information content (AvgIpc) is 2.69. The number of aryl methyl sites for hydroxylation is 1. The van der Waals surface area contributed by atoms with Gasteiger partial charge < -0.3 is 9.64 Å². The summed E-state index contributed by atoms with van der Waals surface area (Å²) in [6, 6.07) is 7.43. The van der Waals surface area contributed by atoms with E-state index in [1.165, 1.54) is 11.6 Å². The fraction of sp³-hybridized carbons (Fsp3) is 0.350. The average molecular weight is 464 g/mol. The third-order valence-electron chi connectivity index (χ3n) is 4.86. The van der Waals surface area contributed by atoms with Gasteiger partial charge in [-0.2, -0.15) is 8.78 Å². The first kappa shape index (κ1) is 19.9. The zero-order valence-electron chi connectivity index (χ0n) is 15.9. The normalized spacial score (nSPS) is 15.3. The molecule has 1 aliphatic rings. The Balaban J connectivity index is 1.37. The minimum atomic E-state index is -2.86. The number of ether oxygens (including phenoxy) is 1. The molecule has 0 N–H and O–H groups in total. The molecular formula is C20H20BrF2N5O. The molecule has 4 rings (SSSR count). The number of rotatable bonds is 5. The smallest absolute Gasteiger partial charge is 0.388 e. The van der Waals surface area contributed by atoms with E-state index < -0.39 is 6.61 Å². The third kappa shape index (κ3) is 4.79. The molecule has 29 heavy (non-hydrogen) atoms. The van der Waals surface area contributed by atoms with E-state index >= 15 is 0 Å². The molecule has 0 radical (unpaired) electrons. The number of alkyl halides is 2. The van der Waals surface area contributed by atoms with Crippen molar-refractivity contribution in [2.45, 2.75) is 20.1 Å². The fourth-order valence-corrected chi connectivity index (χ4v) is 4.04. The van der Waals surface area contributed by atoms with Gasteiger partial charge in [-0.15, -0.1) is 0 Å². The highest BCUT2D eigenvalue weighted by atomic mass is 79.9. The van der Waals surface area contributed by atoms with Crippen molar-refractivity contribution in [3.63, 3.8) is 0 Å². The van der Waals surface area contributed by atoms with Crippen LogP contribution >= 0.6 is 15.9 Å². The van der Waals surface area contributed by atoms with Crippen molar-refractivity contribution in [3.05, 3.63) is 52.4 Å². The van der Waals surface area contributed by atoms with Crippen molar-refractivity contribution in [1.82, 2.24) is 19.9 Å². The van der Waals surface area contributed by atoms with Gasteiger partial charge in [-0.1, -0.05) is 0 Å². The first-order valence-corrected chi connectivity index (χ1v) is 10.1. The number of pyridine rings is 1. The highest BCUT2D eigenvalue weighted by Gasteiger charge is 2.18. The maximum absolute atomic E-state index is 12.2. The minimum Gasteiger partial charge on any atom is -0.417 e. The van der Waals surface area contributed by atoms with Crippen LogP contribution in [0.1, 0.15) is 11.3 Å². The number of aromatic nitrogens is 3. The van der Waals surface area contributed by atoms with E-state index in [0.717, 1.165) is 59.6 Å². The number of benzene rings is 1. The van der Waals surface area contributed by atoms with Crippen molar-refractivity contribution < 1.29 is 13.5 Å². The molecule has 0 amide bonds. The quantitative estimate of drug-likeness (QED) is 0.569. The summed E-state index contributed by atoms with van der Waals surface area (Å²) in [6.07, 6.45) is 3.36. The summed E-state index contributed by atoms with van der Waals surface area (Å²) in [5, 5.41) is 0. The predicted molar refractivity (Wildman–Crippen MR) is 110 cm³/mol. The Morgan fingerprint density at radius 2 is 1.90 bits per heavy atom. The molecule has 0 unspecified atom stereocenters. The lowest BCUT2D eigenvalue weighted by Crippen LogP contribution is -2.46. The van der Waals surface area contributed by atoms with Crippen molar-refractivity contribution in [2.24, 2.45) is 0 Å². The lowest BCUT2D eigenvalue weighted by Gasteiger charge is -2.36. The Kier molecular flexibility index (Phi) is 5.86. The van der Waals surface area contributed by atoms with Gasteiger partial charge in [0, 0.05) is 49.5 Å². The van der Waals surface area contributed by atoms with Gasteiger partial charge in [0.05, 0.1) is 23.1 Å². The van der Waals surface area contributed by atoms with Gasteiger partial charge in [0.25, 0.3) is 0 Å². The van der Waals surface area contributed by atoms with Crippen LogP contribution in [0.4, 0.5) is 14.5 Å². The van der Waals surface area contributed by atoms with Crippen LogP contribution in [-0.4, -0.2) is 52.6 Å². The van der Waals surface area contributed by atoms with Gasteiger partial charge in [0.2, 0.25) is 5.88 Å². The van der Waals surface area contributed by atoms with Crippen LogP contribution in [-0.2, 0) is 6.54 Å². The fourth-order valence-electron chi connectivity index (χ4n) is 3.45. The Morgan fingerprint density at radius 1 is 1.10 bits per heavy atom. The SMILES string of the molecule is Cc1cnc2cc(CN3CCN(c4ccc(OC(F)F)nc4)CC3)cc(Br)c2n1. The van der Waals surface area contributed by atoms with Crippen LogP contribution in [0.5, 0.6) is 5.88 Å². The molecule has 0 saturated carbocycles. The number of halogens is 3. The zero-order valence-corrected chi connectivity index (χ0v) is 17.4. The zero-order chi connectivity index (χ0) is 20.4. The summed E-state index contributed by atoms with van der Waals surface area (Å²) < 4.78 is 29.7. The van der Waals surface area contributed by atoms with E-state index in [-0.39, 0.29) is 5.88 Å². The Morgan fingerprint density at radius 3 is 2.59 bits per heavy atom. The number of anilines is 1. The Labute approximate surface area is 175 Å². The van der Waals surface area contributed by atoms with Crippen molar-refractivity contribution >= 4 is 32.7 Å². The van der Waals surface area contributed by atoms with E-state index in [4.69, 9.17) is 0 Å². The van der Waals surface area contributed by atoms with E-state index in [0.29, 0.717) is 0 Å². The second kappa shape index (κ2) is 8.54. The van der Waals surface area contributed by atoms with Gasteiger partial charge in [-0.25, -0.2) is 9.97 Å². The lowest BCUT2D eigenvalue weighted by molar-refractivity contribution is -0.0528. The molecular weight excluding hydrogens is 444 g/mol. The van der Waals surface area contributed by atoms with E-state index in [1.54, 1.807) is 18.5 Å². The summed E-state index contributed by atoms with van der Waals surface area (Å²) in [5.41, 5.74) is 4.75. The van der Waals surface area contributed by atoms with Crippen LogP contribution in [0.2, 0.25) is 0 Å².